The average Bonchev–Trinajstić information content (AvgIpc) is 3.33. The van der Waals surface area contributed by atoms with Gasteiger partial charge in [0.1, 0.15) is 24.1 Å². The third-order valence-electron chi connectivity index (χ3n) is 8.06. The Balaban J connectivity index is 1.26. The fraction of sp³-hybridized carbons (Fsp3) is 0.630. The number of nitrogens with zero attached hydrogens (tertiary/aromatic N) is 3. The van der Waals surface area contributed by atoms with Gasteiger partial charge >= 0.3 is 12.0 Å². The third kappa shape index (κ3) is 5.34. The van der Waals surface area contributed by atoms with Crippen LogP contribution in [0.1, 0.15) is 74.6 Å². The molecule has 1 aromatic rings. The minimum absolute atomic E-state index is 0.114. The van der Waals surface area contributed by atoms with E-state index in [4.69, 9.17) is 14.6 Å². The summed E-state index contributed by atoms with van der Waals surface area (Å²) < 4.78 is 11.9. The summed E-state index contributed by atoms with van der Waals surface area (Å²) in [4.78, 5) is 35.4. The monoisotopic (exact) mass is 496 g/mol. The van der Waals surface area contributed by atoms with Gasteiger partial charge in [-0.2, -0.15) is 9.97 Å². The second-order valence-electron chi connectivity index (χ2n) is 10.4. The van der Waals surface area contributed by atoms with Crippen molar-refractivity contribution in [2.24, 2.45) is 17.8 Å². The van der Waals surface area contributed by atoms with Crippen LogP contribution in [0.25, 0.3) is 0 Å². The predicted octanol–water partition coefficient (Wildman–Crippen LogP) is 4.42. The summed E-state index contributed by atoms with van der Waals surface area (Å²) in [6.07, 6.45) is 16.1. The molecule has 2 fully saturated rings. The smallest absolute Gasteiger partial charge is 0.322 e. The van der Waals surface area contributed by atoms with E-state index in [-0.39, 0.29) is 30.3 Å². The number of aromatic nitrogens is 2. The maximum atomic E-state index is 13.6. The SMILES string of the molecule is CNc1nc(OC2CCCC2)nc2c1C(=O)N(C1=CCC([C@H]3CC[C@H](CC(=O)O)CC3)C=C1)CCO2. The van der Waals surface area contributed by atoms with Crippen LogP contribution in [-0.4, -0.2) is 58.2 Å². The Morgan fingerprint density at radius 3 is 2.64 bits per heavy atom. The number of nitrogens with one attached hydrogen (secondary N) is 1. The number of allylic oxidation sites excluding steroid dienone is 3. The topological polar surface area (TPSA) is 114 Å². The van der Waals surface area contributed by atoms with Gasteiger partial charge in [-0.3, -0.25) is 9.59 Å². The highest BCUT2D eigenvalue weighted by Gasteiger charge is 2.33. The van der Waals surface area contributed by atoms with Crippen LogP contribution in [0, 0.1) is 17.8 Å². The van der Waals surface area contributed by atoms with Crippen LogP contribution in [0.4, 0.5) is 5.82 Å². The van der Waals surface area contributed by atoms with Gasteiger partial charge in [-0.05, 0) is 81.6 Å². The summed E-state index contributed by atoms with van der Waals surface area (Å²) >= 11 is 0. The van der Waals surface area contributed by atoms with Crippen LogP contribution < -0.4 is 14.8 Å². The highest BCUT2D eigenvalue weighted by atomic mass is 16.5. The molecule has 2 saturated carbocycles. The number of carbonyl (C=O) groups excluding carboxylic acids is 1. The lowest BCUT2D eigenvalue weighted by Crippen LogP contribution is -2.33. The first-order valence-corrected chi connectivity index (χ1v) is 13.3. The molecule has 9 heteroatoms. The fourth-order valence-electron chi connectivity index (χ4n) is 6.07. The largest absolute Gasteiger partial charge is 0.481 e. The van der Waals surface area contributed by atoms with Crippen LogP contribution in [-0.2, 0) is 4.79 Å². The van der Waals surface area contributed by atoms with Crippen molar-refractivity contribution in [3.05, 3.63) is 29.5 Å². The van der Waals surface area contributed by atoms with E-state index in [1.54, 1.807) is 11.9 Å². The zero-order valence-corrected chi connectivity index (χ0v) is 20.9. The molecule has 1 aliphatic heterocycles. The molecule has 1 aromatic heterocycles. The van der Waals surface area contributed by atoms with Crippen LogP contribution in [0.2, 0.25) is 0 Å². The van der Waals surface area contributed by atoms with E-state index in [0.29, 0.717) is 42.3 Å². The van der Waals surface area contributed by atoms with Crippen molar-refractivity contribution < 1.29 is 24.2 Å². The fourth-order valence-corrected chi connectivity index (χ4v) is 6.07. The first-order valence-electron chi connectivity index (χ1n) is 13.3. The summed E-state index contributed by atoms with van der Waals surface area (Å²) in [6, 6.07) is 0.254. The molecule has 0 spiro atoms. The van der Waals surface area contributed by atoms with Gasteiger partial charge < -0.3 is 24.8 Å². The molecule has 5 rings (SSSR count). The molecule has 2 heterocycles. The molecule has 0 bridgehead atoms. The van der Waals surface area contributed by atoms with E-state index in [0.717, 1.165) is 63.5 Å². The second kappa shape index (κ2) is 10.9. The Labute approximate surface area is 212 Å². The summed E-state index contributed by atoms with van der Waals surface area (Å²) in [5, 5.41) is 12.1. The third-order valence-corrected chi connectivity index (χ3v) is 8.06. The molecule has 0 saturated heterocycles. The first kappa shape index (κ1) is 24.6. The maximum Gasteiger partial charge on any atom is 0.322 e. The minimum atomic E-state index is -0.694. The predicted molar refractivity (Wildman–Crippen MR) is 134 cm³/mol. The number of ether oxygens (including phenoxy) is 2. The Morgan fingerprint density at radius 1 is 1.19 bits per heavy atom. The van der Waals surface area contributed by atoms with Crippen molar-refractivity contribution in [1.29, 1.82) is 0 Å². The van der Waals surface area contributed by atoms with Crippen molar-refractivity contribution in [3.8, 4) is 11.9 Å². The number of carboxylic acids is 1. The minimum Gasteiger partial charge on any atom is -0.481 e. The lowest BCUT2D eigenvalue weighted by molar-refractivity contribution is -0.138. The van der Waals surface area contributed by atoms with Gasteiger partial charge in [0, 0.05) is 19.2 Å². The zero-order valence-electron chi connectivity index (χ0n) is 20.9. The molecule has 0 aromatic carbocycles. The number of aliphatic carboxylic acids is 1. The van der Waals surface area contributed by atoms with E-state index < -0.39 is 5.97 Å². The summed E-state index contributed by atoms with van der Waals surface area (Å²) in [6.45, 7) is 0.766. The van der Waals surface area contributed by atoms with E-state index >= 15 is 0 Å². The van der Waals surface area contributed by atoms with E-state index in [9.17, 15) is 9.59 Å². The van der Waals surface area contributed by atoms with Gasteiger partial charge in [0.25, 0.3) is 5.91 Å². The number of carboxylic acid groups (broad SMARTS) is 1. The van der Waals surface area contributed by atoms with Gasteiger partial charge in [-0.1, -0.05) is 12.2 Å². The van der Waals surface area contributed by atoms with Gasteiger partial charge in [-0.15, -0.1) is 0 Å². The highest BCUT2D eigenvalue weighted by molar-refractivity contribution is 6.02. The highest BCUT2D eigenvalue weighted by Crippen LogP contribution is 2.39. The van der Waals surface area contributed by atoms with Crippen LogP contribution in [0.5, 0.6) is 11.9 Å². The Bertz CT molecular complexity index is 1040. The van der Waals surface area contributed by atoms with Gasteiger partial charge in [-0.25, -0.2) is 0 Å². The van der Waals surface area contributed by atoms with Gasteiger partial charge in [0.15, 0.2) is 0 Å². The molecule has 9 nitrogen and oxygen atoms in total. The lowest BCUT2D eigenvalue weighted by Gasteiger charge is -2.34. The van der Waals surface area contributed by atoms with Gasteiger partial charge in [0.2, 0.25) is 5.88 Å². The molecular weight excluding hydrogens is 460 g/mol. The number of hydrogen-bond acceptors (Lipinski definition) is 7. The number of anilines is 1. The van der Waals surface area contributed by atoms with E-state index in [1.165, 1.54) is 0 Å². The Kier molecular flexibility index (Phi) is 7.43. The Hall–Kier alpha value is -3.10. The quantitative estimate of drug-likeness (QED) is 0.570. The standard InChI is InChI=1S/C27H36N4O5/c1-28-24-23-25(30-27(29-24)36-21-4-2-3-5-21)35-15-14-31(26(23)34)20-12-10-19(11-13-20)18-8-6-17(7-9-18)16-22(32)33/h10,12-13,17-19,21H,2-9,11,14-16H2,1H3,(H,32,33)(H,28,29,30)/t17-,18-,19?. The molecule has 1 amide bonds. The number of carbonyl (C=O) groups is 2. The molecule has 0 radical (unpaired) electrons. The molecule has 36 heavy (non-hydrogen) atoms. The van der Waals surface area contributed by atoms with Crippen molar-refractivity contribution in [3.63, 3.8) is 0 Å². The normalized spacial score (nSPS) is 26.6. The maximum absolute atomic E-state index is 13.6. The molecule has 194 valence electrons. The Morgan fingerprint density at radius 2 is 1.97 bits per heavy atom. The molecule has 4 aliphatic rings. The van der Waals surface area contributed by atoms with Crippen molar-refractivity contribution in [2.45, 2.75) is 70.3 Å². The average molecular weight is 497 g/mol. The number of fused-ring (bicyclic) bond motifs is 1. The van der Waals surface area contributed by atoms with Crippen molar-refractivity contribution >= 4 is 17.7 Å². The summed E-state index contributed by atoms with van der Waals surface area (Å²) in [5.74, 6) is 1.11. The number of amides is 1. The van der Waals surface area contributed by atoms with Crippen molar-refractivity contribution in [1.82, 2.24) is 14.9 Å². The molecule has 2 N–H and O–H groups in total. The van der Waals surface area contributed by atoms with Crippen molar-refractivity contribution in [2.75, 3.05) is 25.5 Å². The zero-order chi connectivity index (χ0) is 25.1. The molecular formula is C27H36N4O5. The summed E-state index contributed by atoms with van der Waals surface area (Å²) in [7, 11) is 1.74. The molecule has 1 unspecified atom stereocenters. The van der Waals surface area contributed by atoms with Crippen LogP contribution >= 0.6 is 0 Å². The first-order chi connectivity index (χ1) is 17.5. The van der Waals surface area contributed by atoms with Crippen LogP contribution in [0.3, 0.4) is 0 Å². The van der Waals surface area contributed by atoms with E-state index in [2.05, 4.69) is 33.5 Å². The molecule has 3 aliphatic carbocycles. The van der Waals surface area contributed by atoms with E-state index in [1.807, 2.05) is 0 Å². The van der Waals surface area contributed by atoms with Gasteiger partial charge in [0.05, 0.1) is 6.54 Å². The molecule has 1 atom stereocenters. The second-order valence-corrected chi connectivity index (χ2v) is 10.4. The lowest BCUT2D eigenvalue weighted by atomic mass is 9.73. The van der Waals surface area contributed by atoms with Crippen LogP contribution in [0.15, 0.2) is 23.9 Å². The summed E-state index contributed by atoms with van der Waals surface area (Å²) in [5.41, 5.74) is 1.21. The number of hydrogen-bond donors (Lipinski definition) is 2. The number of rotatable bonds is 7.